The zero-order valence-corrected chi connectivity index (χ0v) is 16.9. The van der Waals surface area contributed by atoms with Gasteiger partial charge in [-0.25, -0.2) is 0 Å². The molecule has 4 heteroatoms. The first-order valence-electron chi connectivity index (χ1n) is 9.91. The van der Waals surface area contributed by atoms with Gasteiger partial charge in [0, 0.05) is 28.8 Å². The molecule has 0 saturated carbocycles. The smallest absolute Gasteiger partial charge is 0.171 e. The molecule has 0 aliphatic heterocycles. The van der Waals surface area contributed by atoms with Crippen LogP contribution >= 0.6 is 12.2 Å². The topological polar surface area (TPSA) is 39.8 Å². The Hall–Kier alpha value is -2.33. The minimum Gasteiger partial charge on any atom is -0.358 e. The summed E-state index contributed by atoms with van der Waals surface area (Å²) >= 11 is 5.55. The summed E-state index contributed by atoms with van der Waals surface area (Å²) < 4.78 is 0. The molecule has 0 atom stereocenters. The molecule has 140 valence electrons. The van der Waals surface area contributed by atoms with E-state index in [9.17, 15) is 0 Å². The van der Waals surface area contributed by atoms with E-state index in [1.54, 1.807) is 0 Å². The SMILES string of the molecule is CCc1cccc(C)c1NC(=S)NCc1ccc2[nH]c3c(c2c1)CCCC3. The predicted octanol–water partition coefficient (Wildman–Crippen LogP) is 5.40. The van der Waals surface area contributed by atoms with Gasteiger partial charge < -0.3 is 15.6 Å². The van der Waals surface area contributed by atoms with Crippen molar-refractivity contribution in [3.63, 3.8) is 0 Å². The fraction of sp³-hybridized carbons (Fsp3) is 0.348. The van der Waals surface area contributed by atoms with E-state index in [4.69, 9.17) is 12.2 Å². The van der Waals surface area contributed by atoms with Crippen LogP contribution in [0.25, 0.3) is 10.9 Å². The number of anilines is 1. The molecule has 0 amide bonds. The molecule has 0 spiro atoms. The summed E-state index contributed by atoms with van der Waals surface area (Å²) in [6.07, 6.45) is 5.96. The fourth-order valence-corrected chi connectivity index (χ4v) is 4.28. The molecule has 4 rings (SSSR count). The molecule has 3 N–H and O–H groups in total. The highest BCUT2D eigenvalue weighted by molar-refractivity contribution is 7.80. The number of aromatic nitrogens is 1. The van der Waals surface area contributed by atoms with E-state index in [0.29, 0.717) is 5.11 Å². The third kappa shape index (κ3) is 3.72. The van der Waals surface area contributed by atoms with Crippen LogP contribution in [0.5, 0.6) is 0 Å². The summed E-state index contributed by atoms with van der Waals surface area (Å²) in [5.74, 6) is 0. The number of fused-ring (bicyclic) bond motifs is 3. The highest BCUT2D eigenvalue weighted by Crippen LogP contribution is 2.29. The van der Waals surface area contributed by atoms with Crippen LogP contribution in [0.3, 0.4) is 0 Å². The minimum absolute atomic E-state index is 0.676. The Morgan fingerprint density at radius 3 is 2.85 bits per heavy atom. The minimum atomic E-state index is 0.676. The Balaban J connectivity index is 1.46. The van der Waals surface area contributed by atoms with Gasteiger partial charge in [0.1, 0.15) is 0 Å². The molecule has 0 unspecified atom stereocenters. The maximum Gasteiger partial charge on any atom is 0.171 e. The lowest BCUT2D eigenvalue weighted by Crippen LogP contribution is -2.28. The van der Waals surface area contributed by atoms with Crippen LogP contribution in [-0.4, -0.2) is 10.1 Å². The first kappa shape index (κ1) is 18.1. The molecule has 2 aromatic carbocycles. The van der Waals surface area contributed by atoms with E-state index in [-0.39, 0.29) is 0 Å². The monoisotopic (exact) mass is 377 g/mol. The third-order valence-electron chi connectivity index (χ3n) is 5.59. The number of benzene rings is 2. The van der Waals surface area contributed by atoms with Crippen molar-refractivity contribution in [2.24, 2.45) is 0 Å². The van der Waals surface area contributed by atoms with Gasteiger partial charge in [0.25, 0.3) is 0 Å². The van der Waals surface area contributed by atoms with Gasteiger partial charge in [0.05, 0.1) is 0 Å². The lowest BCUT2D eigenvalue weighted by Gasteiger charge is -2.16. The summed E-state index contributed by atoms with van der Waals surface area (Å²) in [6, 6.07) is 13.1. The van der Waals surface area contributed by atoms with Crippen molar-refractivity contribution in [1.29, 1.82) is 0 Å². The summed E-state index contributed by atoms with van der Waals surface area (Å²) in [4.78, 5) is 3.60. The van der Waals surface area contributed by atoms with Crippen molar-refractivity contribution < 1.29 is 0 Å². The predicted molar refractivity (Wildman–Crippen MR) is 119 cm³/mol. The van der Waals surface area contributed by atoms with Crippen LogP contribution in [-0.2, 0) is 25.8 Å². The number of para-hydroxylation sites is 1. The Bertz CT molecular complexity index is 987. The van der Waals surface area contributed by atoms with E-state index in [1.807, 2.05) is 0 Å². The van der Waals surface area contributed by atoms with Gasteiger partial charge >= 0.3 is 0 Å². The van der Waals surface area contributed by atoms with Crippen molar-refractivity contribution in [1.82, 2.24) is 10.3 Å². The molecule has 0 bridgehead atoms. The fourth-order valence-electron chi connectivity index (χ4n) is 4.11. The molecule has 3 nitrogen and oxygen atoms in total. The summed E-state index contributed by atoms with van der Waals surface area (Å²) in [5, 5.41) is 8.83. The van der Waals surface area contributed by atoms with Crippen LogP contribution in [0, 0.1) is 6.92 Å². The van der Waals surface area contributed by atoms with Crippen molar-refractivity contribution in [2.75, 3.05) is 5.32 Å². The molecule has 0 saturated heterocycles. The Labute approximate surface area is 166 Å². The number of thiocarbonyl (C=S) groups is 1. The van der Waals surface area contributed by atoms with Crippen LogP contribution < -0.4 is 10.6 Å². The van der Waals surface area contributed by atoms with Gasteiger partial charge in [-0.05, 0) is 85.6 Å². The number of hydrogen-bond acceptors (Lipinski definition) is 1. The average Bonchev–Trinajstić information content (AvgIpc) is 3.06. The molecule has 1 aliphatic rings. The van der Waals surface area contributed by atoms with Crippen LogP contribution in [0.1, 0.15) is 47.7 Å². The largest absolute Gasteiger partial charge is 0.358 e. The van der Waals surface area contributed by atoms with E-state index < -0.39 is 0 Å². The Kier molecular flexibility index (Phi) is 5.17. The summed E-state index contributed by atoms with van der Waals surface area (Å²) in [7, 11) is 0. The molecule has 1 aliphatic carbocycles. The summed E-state index contributed by atoms with van der Waals surface area (Å²) in [5.41, 5.74) is 9.13. The number of H-pyrrole nitrogens is 1. The van der Waals surface area contributed by atoms with E-state index in [0.717, 1.165) is 18.7 Å². The number of hydrogen-bond donors (Lipinski definition) is 3. The molecule has 27 heavy (non-hydrogen) atoms. The average molecular weight is 378 g/mol. The van der Waals surface area contributed by atoms with Crippen LogP contribution in [0.2, 0.25) is 0 Å². The summed E-state index contributed by atoms with van der Waals surface area (Å²) in [6.45, 7) is 5.02. The van der Waals surface area contributed by atoms with Crippen LogP contribution in [0.15, 0.2) is 36.4 Å². The standard InChI is InChI=1S/C23H27N3S/c1-3-17-8-6-7-15(2)22(17)26-23(27)24-14-16-11-12-21-19(13-16)18-9-4-5-10-20(18)25-21/h6-8,11-13,25H,3-5,9-10,14H2,1-2H3,(H2,24,26,27). The van der Waals surface area contributed by atoms with Gasteiger partial charge in [-0.1, -0.05) is 31.2 Å². The Morgan fingerprint density at radius 2 is 2.00 bits per heavy atom. The van der Waals surface area contributed by atoms with E-state index >= 15 is 0 Å². The van der Waals surface area contributed by atoms with Gasteiger partial charge in [0.15, 0.2) is 5.11 Å². The van der Waals surface area contributed by atoms with Crippen molar-refractivity contribution >= 4 is 33.9 Å². The van der Waals surface area contributed by atoms with Gasteiger partial charge in [0.2, 0.25) is 0 Å². The maximum absolute atomic E-state index is 5.55. The first-order valence-corrected chi connectivity index (χ1v) is 10.3. The second-order valence-corrected chi connectivity index (χ2v) is 7.85. The molecule has 3 aromatic rings. The molecule has 0 fully saturated rings. The van der Waals surface area contributed by atoms with Crippen LogP contribution in [0.4, 0.5) is 5.69 Å². The number of aryl methyl sites for hydroxylation is 4. The lowest BCUT2D eigenvalue weighted by molar-refractivity contribution is 0.680. The maximum atomic E-state index is 5.55. The van der Waals surface area contributed by atoms with Crippen molar-refractivity contribution in [3.05, 3.63) is 64.3 Å². The van der Waals surface area contributed by atoms with E-state index in [2.05, 4.69) is 65.9 Å². The number of rotatable bonds is 4. The Morgan fingerprint density at radius 1 is 1.15 bits per heavy atom. The quantitative estimate of drug-likeness (QED) is 0.533. The molecule has 1 aromatic heterocycles. The highest BCUT2D eigenvalue weighted by Gasteiger charge is 2.15. The molecule has 1 heterocycles. The lowest BCUT2D eigenvalue weighted by atomic mass is 9.95. The normalized spacial score (nSPS) is 13.4. The molecule has 0 radical (unpaired) electrons. The van der Waals surface area contributed by atoms with E-state index in [1.165, 1.54) is 64.5 Å². The van der Waals surface area contributed by atoms with Gasteiger partial charge in [-0.15, -0.1) is 0 Å². The van der Waals surface area contributed by atoms with Crippen molar-refractivity contribution in [2.45, 2.75) is 52.5 Å². The zero-order valence-electron chi connectivity index (χ0n) is 16.1. The van der Waals surface area contributed by atoms with Gasteiger partial charge in [-0.3, -0.25) is 0 Å². The second kappa shape index (κ2) is 7.73. The highest BCUT2D eigenvalue weighted by atomic mass is 32.1. The number of aromatic amines is 1. The number of nitrogens with one attached hydrogen (secondary N) is 3. The molecular weight excluding hydrogens is 350 g/mol. The molecular formula is C23H27N3S. The second-order valence-electron chi connectivity index (χ2n) is 7.44. The van der Waals surface area contributed by atoms with Crippen molar-refractivity contribution in [3.8, 4) is 0 Å². The zero-order chi connectivity index (χ0) is 18.8. The first-order chi connectivity index (χ1) is 13.2. The van der Waals surface area contributed by atoms with Gasteiger partial charge in [-0.2, -0.15) is 0 Å². The third-order valence-corrected chi connectivity index (χ3v) is 5.84.